The number of methoxy groups -OCH3 is 1. The van der Waals surface area contributed by atoms with Gasteiger partial charge in [-0.1, -0.05) is 18.7 Å². The molecule has 0 saturated heterocycles. The van der Waals surface area contributed by atoms with Crippen molar-refractivity contribution in [3.63, 3.8) is 0 Å². The number of benzene rings is 1. The van der Waals surface area contributed by atoms with E-state index in [9.17, 15) is 9.90 Å². The van der Waals surface area contributed by atoms with E-state index in [0.29, 0.717) is 24.7 Å². The van der Waals surface area contributed by atoms with E-state index in [1.54, 1.807) is 19.2 Å². The molecule has 6 heteroatoms. The maximum absolute atomic E-state index is 10.9. The topological polar surface area (TPSA) is 77.0 Å². The molecule has 0 aliphatic rings. The van der Waals surface area contributed by atoms with Gasteiger partial charge in [0.1, 0.15) is 12.7 Å². The summed E-state index contributed by atoms with van der Waals surface area (Å²) in [7, 11) is 1.57. The molecule has 0 saturated carbocycles. The average molecular weight is 323 g/mol. The number of hydrogen-bond donors (Lipinski definition) is 2. The molecule has 1 atom stereocenters. The van der Waals surface area contributed by atoms with Gasteiger partial charge >= 0.3 is 0 Å². The number of aliphatic hydroxyl groups is 1. The SMILES string of the molecule is C=CC(=O)NCCCCOCC(O)COc1ccccc1OC. The highest BCUT2D eigenvalue weighted by Crippen LogP contribution is 2.25. The number of para-hydroxylation sites is 2. The van der Waals surface area contributed by atoms with Crippen LogP contribution in [0.4, 0.5) is 0 Å². The largest absolute Gasteiger partial charge is 0.493 e. The average Bonchev–Trinajstić information content (AvgIpc) is 2.58. The lowest BCUT2D eigenvalue weighted by Crippen LogP contribution is -2.24. The van der Waals surface area contributed by atoms with Crippen LogP contribution in [0.2, 0.25) is 0 Å². The van der Waals surface area contributed by atoms with Crippen LogP contribution in [0.3, 0.4) is 0 Å². The van der Waals surface area contributed by atoms with Crippen molar-refractivity contribution in [2.24, 2.45) is 0 Å². The quantitative estimate of drug-likeness (QED) is 0.451. The van der Waals surface area contributed by atoms with Crippen molar-refractivity contribution in [1.82, 2.24) is 5.32 Å². The van der Waals surface area contributed by atoms with Gasteiger partial charge in [-0.05, 0) is 31.1 Å². The second-order valence-corrected chi connectivity index (χ2v) is 4.89. The van der Waals surface area contributed by atoms with E-state index in [1.807, 2.05) is 12.1 Å². The van der Waals surface area contributed by atoms with Crippen molar-refractivity contribution >= 4 is 5.91 Å². The second kappa shape index (κ2) is 11.5. The smallest absolute Gasteiger partial charge is 0.243 e. The lowest BCUT2D eigenvalue weighted by atomic mass is 10.3. The number of ether oxygens (including phenoxy) is 3. The van der Waals surface area contributed by atoms with E-state index in [-0.39, 0.29) is 19.1 Å². The van der Waals surface area contributed by atoms with Crippen LogP contribution in [-0.2, 0) is 9.53 Å². The lowest BCUT2D eigenvalue weighted by Gasteiger charge is -2.14. The van der Waals surface area contributed by atoms with Crippen molar-refractivity contribution in [3.05, 3.63) is 36.9 Å². The molecule has 0 heterocycles. The Bertz CT molecular complexity index is 478. The Morgan fingerprint density at radius 1 is 1.30 bits per heavy atom. The fourth-order valence-corrected chi connectivity index (χ4v) is 1.80. The van der Waals surface area contributed by atoms with Gasteiger partial charge in [0, 0.05) is 13.2 Å². The third kappa shape index (κ3) is 8.23. The van der Waals surface area contributed by atoms with Gasteiger partial charge < -0.3 is 24.6 Å². The molecule has 0 fully saturated rings. The first-order chi connectivity index (χ1) is 11.2. The molecule has 128 valence electrons. The molecule has 6 nitrogen and oxygen atoms in total. The molecule has 0 radical (unpaired) electrons. The van der Waals surface area contributed by atoms with E-state index < -0.39 is 6.10 Å². The molecular formula is C17H25NO5. The third-order valence-corrected chi connectivity index (χ3v) is 3.01. The van der Waals surface area contributed by atoms with Crippen molar-refractivity contribution in [2.45, 2.75) is 18.9 Å². The summed E-state index contributed by atoms with van der Waals surface area (Å²) in [5.41, 5.74) is 0. The summed E-state index contributed by atoms with van der Waals surface area (Å²) in [5, 5.41) is 12.5. The van der Waals surface area contributed by atoms with Crippen molar-refractivity contribution < 1.29 is 24.1 Å². The molecule has 0 aliphatic carbocycles. The van der Waals surface area contributed by atoms with E-state index in [0.717, 1.165) is 12.8 Å². The Balaban J connectivity index is 2.07. The van der Waals surface area contributed by atoms with Gasteiger partial charge in [0.15, 0.2) is 11.5 Å². The molecule has 1 amide bonds. The Morgan fingerprint density at radius 2 is 2.04 bits per heavy atom. The predicted molar refractivity (Wildman–Crippen MR) is 87.8 cm³/mol. The highest BCUT2D eigenvalue weighted by Gasteiger charge is 2.08. The minimum absolute atomic E-state index is 0.135. The highest BCUT2D eigenvalue weighted by molar-refractivity contribution is 5.86. The van der Waals surface area contributed by atoms with E-state index in [4.69, 9.17) is 14.2 Å². The third-order valence-electron chi connectivity index (χ3n) is 3.01. The van der Waals surface area contributed by atoms with Crippen molar-refractivity contribution in [2.75, 3.05) is 33.5 Å². The zero-order chi connectivity index (χ0) is 16.9. The molecule has 2 N–H and O–H groups in total. The normalized spacial score (nSPS) is 11.6. The monoisotopic (exact) mass is 323 g/mol. The Kier molecular flexibility index (Phi) is 9.51. The second-order valence-electron chi connectivity index (χ2n) is 4.89. The van der Waals surface area contributed by atoms with Crippen LogP contribution in [0.15, 0.2) is 36.9 Å². The highest BCUT2D eigenvalue weighted by atomic mass is 16.5. The van der Waals surface area contributed by atoms with Gasteiger partial charge in [-0.2, -0.15) is 0 Å². The van der Waals surface area contributed by atoms with Gasteiger partial charge in [0.05, 0.1) is 13.7 Å². The summed E-state index contributed by atoms with van der Waals surface area (Å²) in [6.07, 6.45) is 2.15. The number of carbonyl (C=O) groups excluding carboxylic acids is 1. The zero-order valence-electron chi connectivity index (χ0n) is 13.5. The molecule has 0 bridgehead atoms. The standard InChI is InChI=1S/C17H25NO5/c1-3-17(20)18-10-6-7-11-22-12-14(19)13-23-16-9-5-4-8-15(16)21-2/h3-5,8-9,14,19H,1,6-7,10-13H2,2H3,(H,18,20). The van der Waals surface area contributed by atoms with Crippen LogP contribution < -0.4 is 14.8 Å². The molecule has 1 unspecified atom stereocenters. The first kappa shape index (κ1) is 19.0. The maximum atomic E-state index is 10.9. The number of carbonyl (C=O) groups is 1. The van der Waals surface area contributed by atoms with Gasteiger partial charge in [-0.15, -0.1) is 0 Å². The number of rotatable bonds is 12. The first-order valence-electron chi connectivity index (χ1n) is 7.59. The first-order valence-corrected chi connectivity index (χ1v) is 7.59. The predicted octanol–water partition coefficient (Wildman–Crippen LogP) is 1.53. The van der Waals surface area contributed by atoms with Gasteiger partial charge in [-0.3, -0.25) is 4.79 Å². The summed E-state index contributed by atoms with van der Waals surface area (Å²) in [5.74, 6) is 1.05. The van der Waals surface area contributed by atoms with Crippen LogP contribution >= 0.6 is 0 Å². The fourth-order valence-electron chi connectivity index (χ4n) is 1.80. The molecular weight excluding hydrogens is 298 g/mol. The van der Waals surface area contributed by atoms with Crippen LogP contribution in [-0.4, -0.2) is 50.6 Å². The zero-order valence-corrected chi connectivity index (χ0v) is 13.5. The molecule has 1 aromatic carbocycles. The Labute approximate surface area is 137 Å². The number of aliphatic hydroxyl groups excluding tert-OH is 1. The van der Waals surface area contributed by atoms with Crippen molar-refractivity contribution in [1.29, 1.82) is 0 Å². The molecule has 1 aromatic rings. The summed E-state index contributed by atoms with van der Waals surface area (Å²) in [6.45, 7) is 4.83. The molecule has 0 aromatic heterocycles. The van der Waals surface area contributed by atoms with E-state index in [1.165, 1.54) is 6.08 Å². The minimum atomic E-state index is -0.708. The lowest BCUT2D eigenvalue weighted by molar-refractivity contribution is -0.116. The van der Waals surface area contributed by atoms with Crippen LogP contribution in [0, 0.1) is 0 Å². The van der Waals surface area contributed by atoms with Crippen LogP contribution in [0.25, 0.3) is 0 Å². The fraction of sp³-hybridized carbons (Fsp3) is 0.471. The van der Waals surface area contributed by atoms with Crippen LogP contribution in [0.1, 0.15) is 12.8 Å². The maximum Gasteiger partial charge on any atom is 0.243 e. The van der Waals surface area contributed by atoms with E-state index >= 15 is 0 Å². The summed E-state index contributed by atoms with van der Waals surface area (Å²) >= 11 is 0. The Hall–Kier alpha value is -2.05. The molecule has 1 rings (SSSR count). The van der Waals surface area contributed by atoms with Crippen LogP contribution in [0.5, 0.6) is 11.5 Å². The number of amides is 1. The molecule has 0 spiro atoms. The molecule has 23 heavy (non-hydrogen) atoms. The van der Waals surface area contributed by atoms with E-state index in [2.05, 4.69) is 11.9 Å². The molecule has 0 aliphatic heterocycles. The number of nitrogens with one attached hydrogen (secondary N) is 1. The van der Waals surface area contributed by atoms with Gasteiger partial charge in [0.2, 0.25) is 5.91 Å². The number of unbranched alkanes of at least 4 members (excludes halogenated alkanes) is 1. The Morgan fingerprint density at radius 3 is 2.74 bits per heavy atom. The van der Waals surface area contributed by atoms with Gasteiger partial charge in [0.25, 0.3) is 0 Å². The summed E-state index contributed by atoms with van der Waals surface area (Å²) < 4.78 is 16.1. The summed E-state index contributed by atoms with van der Waals surface area (Å²) in [4.78, 5) is 10.9. The summed E-state index contributed by atoms with van der Waals surface area (Å²) in [6, 6.07) is 7.27. The van der Waals surface area contributed by atoms with Crippen molar-refractivity contribution in [3.8, 4) is 11.5 Å². The minimum Gasteiger partial charge on any atom is -0.493 e. The number of hydrogen-bond acceptors (Lipinski definition) is 5. The van der Waals surface area contributed by atoms with Gasteiger partial charge in [-0.25, -0.2) is 0 Å².